The van der Waals surface area contributed by atoms with E-state index in [-0.39, 0.29) is 36.0 Å². The molecule has 0 aliphatic heterocycles. The van der Waals surface area contributed by atoms with Crippen LogP contribution in [0.25, 0.3) is 39.4 Å². The molecule has 172 valence electrons. The molecule has 2 unspecified atom stereocenters. The van der Waals surface area contributed by atoms with E-state index in [0.717, 1.165) is 38.9 Å². The Morgan fingerprint density at radius 1 is 0.971 bits per heavy atom. The van der Waals surface area contributed by atoms with Gasteiger partial charge in [0, 0.05) is 45.9 Å². The van der Waals surface area contributed by atoms with Crippen LogP contribution in [0.15, 0.2) is 84.9 Å². The van der Waals surface area contributed by atoms with E-state index in [0.29, 0.717) is 5.02 Å². The van der Waals surface area contributed by atoms with Gasteiger partial charge in [-0.3, -0.25) is 0 Å². The van der Waals surface area contributed by atoms with Crippen molar-refractivity contribution in [3.63, 3.8) is 0 Å². The SMILES string of the molecule is O=C([O-])CC(O)CC(O)/C=C/c1c(-c2ccccc2)nc2ccc(Cl)cc2c1-c1ccccc1.[Na+]. The molecule has 4 aromatic rings. The summed E-state index contributed by atoms with van der Waals surface area (Å²) in [6.07, 6.45) is 0.389. The summed E-state index contributed by atoms with van der Waals surface area (Å²) < 4.78 is 0. The van der Waals surface area contributed by atoms with Crippen molar-refractivity contribution >= 4 is 34.5 Å². The summed E-state index contributed by atoms with van der Waals surface area (Å²) >= 11 is 6.35. The molecule has 7 heteroatoms. The Morgan fingerprint density at radius 3 is 2.23 bits per heavy atom. The van der Waals surface area contributed by atoms with Crippen molar-refractivity contribution in [2.45, 2.75) is 25.0 Å². The first-order chi connectivity index (χ1) is 16.4. The first-order valence-corrected chi connectivity index (χ1v) is 11.3. The molecule has 3 aromatic carbocycles. The molecule has 0 saturated carbocycles. The molecule has 5 nitrogen and oxygen atoms in total. The van der Waals surface area contributed by atoms with Gasteiger partial charge in [0.1, 0.15) is 0 Å². The van der Waals surface area contributed by atoms with E-state index in [1.54, 1.807) is 18.2 Å². The van der Waals surface area contributed by atoms with Gasteiger partial charge in [-0.15, -0.1) is 0 Å². The Hall–Kier alpha value is -2.51. The minimum absolute atomic E-state index is 0. The molecule has 0 spiro atoms. The zero-order valence-corrected chi connectivity index (χ0v) is 22.0. The first kappa shape index (κ1) is 27.1. The predicted molar refractivity (Wildman–Crippen MR) is 133 cm³/mol. The van der Waals surface area contributed by atoms with Crippen LogP contribution < -0.4 is 34.7 Å². The summed E-state index contributed by atoms with van der Waals surface area (Å²) in [7, 11) is 0. The van der Waals surface area contributed by atoms with Gasteiger partial charge in [-0.2, -0.15) is 0 Å². The van der Waals surface area contributed by atoms with Crippen LogP contribution in [0.3, 0.4) is 0 Å². The zero-order chi connectivity index (χ0) is 24.1. The van der Waals surface area contributed by atoms with Gasteiger partial charge in [0.15, 0.2) is 0 Å². The molecular formula is C28H23ClNNaO4. The molecule has 1 aromatic heterocycles. The van der Waals surface area contributed by atoms with Gasteiger partial charge in [-0.25, -0.2) is 4.98 Å². The van der Waals surface area contributed by atoms with E-state index in [1.165, 1.54) is 0 Å². The third-order valence-electron chi connectivity index (χ3n) is 5.50. The number of carbonyl (C=O) groups excluding carboxylic acids is 1. The number of halogens is 1. The van der Waals surface area contributed by atoms with Crippen molar-refractivity contribution in [1.29, 1.82) is 0 Å². The zero-order valence-electron chi connectivity index (χ0n) is 19.3. The van der Waals surface area contributed by atoms with Crippen LogP contribution in [0, 0.1) is 0 Å². The Morgan fingerprint density at radius 2 is 1.60 bits per heavy atom. The van der Waals surface area contributed by atoms with E-state index >= 15 is 0 Å². The molecule has 4 rings (SSSR count). The number of hydrogen-bond acceptors (Lipinski definition) is 5. The van der Waals surface area contributed by atoms with Gasteiger partial charge in [-0.1, -0.05) is 84.4 Å². The molecule has 0 aliphatic rings. The summed E-state index contributed by atoms with van der Waals surface area (Å²) in [6, 6.07) is 25.1. The second kappa shape index (κ2) is 12.5. The summed E-state index contributed by atoms with van der Waals surface area (Å²) in [5.74, 6) is -1.36. The summed E-state index contributed by atoms with van der Waals surface area (Å²) in [6.45, 7) is 0. The van der Waals surface area contributed by atoms with Crippen molar-refractivity contribution in [2.24, 2.45) is 0 Å². The fraction of sp³-hybridized carbons (Fsp3) is 0.143. The number of fused-ring (bicyclic) bond motifs is 1. The molecular weight excluding hydrogens is 473 g/mol. The van der Waals surface area contributed by atoms with Crippen LogP contribution in [-0.2, 0) is 4.79 Å². The number of aliphatic hydroxyl groups excluding tert-OH is 2. The van der Waals surface area contributed by atoms with Gasteiger partial charge in [0.05, 0.1) is 23.4 Å². The largest absolute Gasteiger partial charge is 1.00 e. The number of carboxylic acid groups (broad SMARTS) is 1. The van der Waals surface area contributed by atoms with Crippen LogP contribution in [0.1, 0.15) is 18.4 Å². The molecule has 0 saturated heterocycles. The molecule has 0 bridgehead atoms. The molecule has 0 amide bonds. The third-order valence-corrected chi connectivity index (χ3v) is 5.73. The standard InChI is InChI=1S/C28H24ClNO4.Na/c29-20-11-14-25-24(15-20)27(18-7-3-1-4-8-18)23(28(30-25)19-9-5-2-6-10-19)13-12-21(31)16-22(32)17-26(33)34;/h1-15,21-22,31-32H,16-17H2,(H,33,34);/q;+1/p-1/b13-12+;. The van der Waals surface area contributed by atoms with Crippen LogP contribution in [0.4, 0.5) is 0 Å². The summed E-state index contributed by atoms with van der Waals surface area (Å²) in [4.78, 5) is 15.7. The number of carboxylic acids is 1. The number of carbonyl (C=O) groups is 1. The average molecular weight is 496 g/mol. The minimum atomic E-state index is -1.36. The number of rotatable bonds is 8. The second-order valence-electron chi connectivity index (χ2n) is 8.03. The second-order valence-corrected chi connectivity index (χ2v) is 8.47. The van der Waals surface area contributed by atoms with E-state index in [1.807, 2.05) is 72.8 Å². The Labute approximate surface area is 231 Å². The fourth-order valence-corrected chi connectivity index (χ4v) is 4.16. The maximum Gasteiger partial charge on any atom is 1.00 e. The molecule has 0 radical (unpaired) electrons. The predicted octanol–water partition coefficient (Wildman–Crippen LogP) is 1.49. The van der Waals surface area contributed by atoms with Crippen LogP contribution in [0.5, 0.6) is 0 Å². The van der Waals surface area contributed by atoms with E-state index in [2.05, 4.69) is 0 Å². The number of hydrogen-bond donors (Lipinski definition) is 2. The number of aromatic nitrogens is 1. The molecule has 2 atom stereocenters. The number of benzene rings is 3. The van der Waals surface area contributed by atoms with Crippen LogP contribution >= 0.6 is 11.6 Å². The normalized spacial score (nSPS) is 12.9. The van der Waals surface area contributed by atoms with Crippen LogP contribution in [-0.4, -0.2) is 33.4 Å². The van der Waals surface area contributed by atoms with Crippen molar-refractivity contribution in [3.05, 3.63) is 95.5 Å². The minimum Gasteiger partial charge on any atom is -0.550 e. The number of nitrogens with zero attached hydrogens (tertiary/aromatic N) is 1. The van der Waals surface area contributed by atoms with E-state index in [9.17, 15) is 20.1 Å². The topological polar surface area (TPSA) is 93.5 Å². The molecule has 2 N–H and O–H groups in total. The molecule has 1 heterocycles. The van der Waals surface area contributed by atoms with E-state index < -0.39 is 24.6 Å². The monoisotopic (exact) mass is 495 g/mol. The molecule has 35 heavy (non-hydrogen) atoms. The first-order valence-electron chi connectivity index (χ1n) is 10.9. The Kier molecular flexibility index (Phi) is 9.63. The summed E-state index contributed by atoms with van der Waals surface area (Å²) in [5, 5.41) is 32.5. The van der Waals surface area contributed by atoms with Gasteiger partial charge >= 0.3 is 29.6 Å². The Bertz CT molecular complexity index is 1330. The molecule has 0 aliphatic carbocycles. The van der Waals surface area contributed by atoms with Crippen molar-refractivity contribution in [3.8, 4) is 22.4 Å². The summed E-state index contributed by atoms with van der Waals surface area (Å²) in [5.41, 5.74) is 5.06. The van der Waals surface area contributed by atoms with Gasteiger partial charge in [0.25, 0.3) is 0 Å². The molecule has 0 fully saturated rings. The van der Waals surface area contributed by atoms with Gasteiger partial charge < -0.3 is 20.1 Å². The van der Waals surface area contributed by atoms with Crippen molar-refractivity contribution in [1.82, 2.24) is 4.98 Å². The van der Waals surface area contributed by atoms with Crippen molar-refractivity contribution in [2.75, 3.05) is 0 Å². The maximum atomic E-state index is 10.7. The van der Waals surface area contributed by atoms with Gasteiger partial charge in [-0.05, 0) is 23.8 Å². The maximum absolute atomic E-state index is 10.7. The quantitative estimate of drug-likeness (QED) is 0.361. The smallest absolute Gasteiger partial charge is 0.550 e. The Balaban J connectivity index is 0.00000342. The number of aliphatic carboxylic acids is 1. The van der Waals surface area contributed by atoms with Gasteiger partial charge in [0.2, 0.25) is 0 Å². The third kappa shape index (κ3) is 6.79. The fourth-order valence-electron chi connectivity index (χ4n) is 3.98. The number of pyridine rings is 1. The number of aliphatic hydroxyl groups is 2. The van der Waals surface area contributed by atoms with E-state index in [4.69, 9.17) is 16.6 Å². The van der Waals surface area contributed by atoms with Crippen molar-refractivity contribution < 1.29 is 49.7 Å². The average Bonchev–Trinajstić information content (AvgIpc) is 2.82. The van der Waals surface area contributed by atoms with Crippen LogP contribution in [0.2, 0.25) is 5.02 Å².